The molecular formula is C27H29ClN4O3. The molecule has 0 spiro atoms. The summed E-state index contributed by atoms with van der Waals surface area (Å²) >= 11 is 5.87. The first-order chi connectivity index (χ1) is 16.8. The van der Waals surface area contributed by atoms with Gasteiger partial charge in [-0.05, 0) is 93.3 Å². The Hall–Kier alpha value is -3.42. The number of hydrogen-bond acceptors (Lipinski definition) is 5. The van der Waals surface area contributed by atoms with Crippen LogP contribution in [-0.4, -0.2) is 49.4 Å². The lowest BCUT2D eigenvalue weighted by Crippen LogP contribution is -2.20. The Balaban J connectivity index is 1.50. The predicted molar refractivity (Wildman–Crippen MR) is 139 cm³/mol. The Kier molecular flexibility index (Phi) is 7.38. The van der Waals surface area contributed by atoms with E-state index < -0.39 is 5.91 Å². The Morgan fingerprint density at radius 2 is 1.77 bits per heavy atom. The minimum absolute atomic E-state index is 0.232. The quantitative estimate of drug-likeness (QED) is 0.427. The van der Waals surface area contributed by atoms with Crippen molar-refractivity contribution in [1.29, 1.82) is 0 Å². The summed E-state index contributed by atoms with van der Waals surface area (Å²) in [7, 11) is 5.69. The monoisotopic (exact) mass is 492 g/mol. The Bertz CT molecular complexity index is 1210. The van der Waals surface area contributed by atoms with Gasteiger partial charge in [0.25, 0.3) is 11.8 Å². The molecule has 1 heterocycles. The maximum atomic E-state index is 13.0. The number of rotatable bonds is 9. The third-order valence-corrected chi connectivity index (χ3v) is 6.56. The molecule has 0 saturated heterocycles. The van der Waals surface area contributed by atoms with E-state index in [0.717, 1.165) is 13.0 Å². The molecule has 1 saturated carbocycles. The fourth-order valence-corrected chi connectivity index (χ4v) is 4.13. The maximum Gasteiger partial charge on any atom is 0.259 e. The van der Waals surface area contributed by atoms with Gasteiger partial charge in [0, 0.05) is 11.8 Å². The summed E-state index contributed by atoms with van der Waals surface area (Å²) in [5, 5.41) is 6.05. The molecule has 182 valence electrons. The molecule has 0 radical (unpaired) electrons. The lowest BCUT2D eigenvalue weighted by atomic mass is 9.91. The van der Waals surface area contributed by atoms with Crippen LogP contribution in [0.5, 0.6) is 5.75 Å². The van der Waals surface area contributed by atoms with E-state index in [2.05, 4.69) is 34.6 Å². The van der Waals surface area contributed by atoms with Crippen molar-refractivity contribution in [3.63, 3.8) is 0 Å². The second-order valence-electron chi connectivity index (χ2n) is 9.09. The molecule has 1 aliphatic rings. The molecule has 4 rings (SSSR count). The van der Waals surface area contributed by atoms with Gasteiger partial charge in [-0.3, -0.25) is 9.59 Å². The minimum Gasteiger partial charge on any atom is -0.497 e. The first-order valence-electron chi connectivity index (χ1n) is 11.5. The Labute approximate surface area is 210 Å². The second-order valence-corrected chi connectivity index (χ2v) is 9.53. The van der Waals surface area contributed by atoms with Crippen LogP contribution >= 0.6 is 11.6 Å². The number of ether oxygens (including phenoxy) is 1. The van der Waals surface area contributed by atoms with Gasteiger partial charge in [-0.1, -0.05) is 23.7 Å². The van der Waals surface area contributed by atoms with Gasteiger partial charge in [-0.25, -0.2) is 4.98 Å². The van der Waals surface area contributed by atoms with Crippen LogP contribution < -0.4 is 15.4 Å². The van der Waals surface area contributed by atoms with Gasteiger partial charge in [0.05, 0.1) is 23.4 Å². The molecular weight excluding hydrogens is 464 g/mol. The lowest BCUT2D eigenvalue weighted by molar-refractivity contribution is 0.102. The average Bonchev–Trinajstić information content (AvgIpc) is 3.65. The molecule has 2 aromatic carbocycles. The van der Waals surface area contributed by atoms with Gasteiger partial charge in [0.1, 0.15) is 11.6 Å². The number of benzene rings is 2. The molecule has 1 fully saturated rings. The van der Waals surface area contributed by atoms with Crippen LogP contribution in [0.25, 0.3) is 0 Å². The lowest BCUT2D eigenvalue weighted by Gasteiger charge is -2.19. The summed E-state index contributed by atoms with van der Waals surface area (Å²) < 4.78 is 5.27. The number of amides is 2. The van der Waals surface area contributed by atoms with E-state index >= 15 is 0 Å². The average molecular weight is 493 g/mol. The van der Waals surface area contributed by atoms with Crippen LogP contribution in [0.4, 0.5) is 11.5 Å². The van der Waals surface area contributed by atoms with Crippen LogP contribution in [0, 0.1) is 0 Å². The van der Waals surface area contributed by atoms with Gasteiger partial charge in [0.15, 0.2) is 0 Å². The molecule has 8 heteroatoms. The molecule has 35 heavy (non-hydrogen) atoms. The van der Waals surface area contributed by atoms with E-state index in [1.807, 2.05) is 24.3 Å². The molecule has 0 aliphatic heterocycles. The second kappa shape index (κ2) is 10.5. The smallest absolute Gasteiger partial charge is 0.259 e. The Morgan fingerprint density at radius 1 is 1.03 bits per heavy atom. The molecule has 1 aliphatic carbocycles. The predicted octanol–water partition coefficient (Wildman–Crippen LogP) is 5.23. The summed E-state index contributed by atoms with van der Waals surface area (Å²) in [6, 6.07) is 15.9. The molecule has 2 amide bonds. The number of methoxy groups -OCH3 is 1. The molecule has 0 atom stereocenters. The summed E-state index contributed by atoms with van der Waals surface area (Å²) in [5.41, 5.74) is 2.66. The number of nitrogens with zero attached hydrogens (tertiary/aromatic N) is 2. The SMILES string of the molecule is COc1ccc(NC(=O)c2ccc(C3(CCN(C)C)CC3)cc2)c(C(=O)Nc2ccc(Cl)cn2)c1. The number of pyridine rings is 1. The maximum absolute atomic E-state index is 13.0. The number of aromatic nitrogens is 1. The van der Waals surface area contributed by atoms with Crippen molar-refractivity contribution in [2.45, 2.75) is 24.7 Å². The first-order valence-corrected chi connectivity index (χ1v) is 11.8. The zero-order valence-electron chi connectivity index (χ0n) is 20.1. The topological polar surface area (TPSA) is 83.6 Å². The highest BCUT2D eigenvalue weighted by atomic mass is 35.5. The van der Waals surface area contributed by atoms with Crippen molar-refractivity contribution in [2.24, 2.45) is 0 Å². The molecule has 0 unspecified atom stereocenters. The van der Waals surface area contributed by atoms with Gasteiger partial charge in [0.2, 0.25) is 0 Å². The highest BCUT2D eigenvalue weighted by Crippen LogP contribution is 2.51. The van der Waals surface area contributed by atoms with E-state index in [-0.39, 0.29) is 16.9 Å². The normalized spacial score (nSPS) is 13.9. The van der Waals surface area contributed by atoms with Gasteiger partial charge < -0.3 is 20.3 Å². The molecule has 7 nitrogen and oxygen atoms in total. The number of hydrogen-bond donors (Lipinski definition) is 2. The number of carbonyl (C=O) groups is 2. The number of nitrogens with one attached hydrogen (secondary N) is 2. The summed E-state index contributed by atoms with van der Waals surface area (Å²) in [6.45, 7) is 1.04. The van der Waals surface area contributed by atoms with E-state index in [1.54, 1.807) is 30.3 Å². The van der Waals surface area contributed by atoms with Gasteiger partial charge in [-0.2, -0.15) is 0 Å². The van der Waals surface area contributed by atoms with E-state index in [0.29, 0.717) is 27.8 Å². The number of halogens is 1. The fourth-order valence-electron chi connectivity index (χ4n) is 4.02. The third-order valence-electron chi connectivity index (χ3n) is 6.34. The van der Waals surface area contributed by atoms with Crippen LogP contribution in [-0.2, 0) is 5.41 Å². The summed E-state index contributed by atoms with van der Waals surface area (Å²) in [5.74, 6) is 0.117. The largest absolute Gasteiger partial charge is 0.497 e. The highest BCUT2D eigenvalue weighted by Gasteiger charge is 2.43. The zero-order valence-corrected chi connectivity index (χ0v) is 20.9. The van der Waals surface area contributed by atoms with Crippen molar-refractivity contribution in [2.75, 3.05) is 38.4 Å². The first kappa shape index (κ1) is 24.7. The minimum atomic E-state index is -0.430. The molecule has 2 N–H and O–H groups in total. The fraction of sp³-hybridized carbons (Fsp3) is 0.296. The highest BCUT2D eigenvalue weighted by molar-refractivity contribution is 6.30. The summed E-state index contributed by atoms with van der Waals surface area (Å²) in [6.07, 6.45) is 4.91. The van der Waals surface area contributed by atoms with Crippen LogP contribution in [0.2, 0.25) is 5.02 Å². The van der Waals surface area contributed by atoms with Crippen molar-refractivity contribution in [3.8, 4) is 5.75 Å². The van der Waals surface area contributed by atoms with Crippen LogP contribution in [0.3, 0.4) is 0 Å². The van der Waals surface area contributed by atoms with E-state index in [9.17, 15) is 9.59 Å². The van der Waals surface area contributed by atoms with E-state index in [1.165, 1.54) is 31.7 Å². The van der Waals surface area contributed by atoms with Crippen LogP contribution in [0.15, 0.2) is 60.8 Å². The zero-order chi connectivity index (χ0) is 25.0. The standard InChI is InChI=1S/C27H29ClN4O3/c1-32(2)15-14-27(12-13-27)19-6-4-18(5-7-19)25(33)30-23-10-9-21(35-3)16-22(23)26(34)31-24-11-8-20(28)17-29-24/h4-11,16-17H,12-15H2,1-3H3,(H,30,33)(H,29,31,34). The van der Waals surface area contributed by atoms with Crippen molar-refractivity contribution >= 4 is 34.9 Å². The van der Waals surface area contributed by atoms with Crippen molar-refractivity contribution in [1.82, 2.24) is 9.88 Å². The van der Waals surface area contributed by atoms with Gasteiger partial charge >= 0.3 is 0 Å². The van der Waals surface area contributed by atoms with Gasteiger partial charge in [-0.15, -0.1) is 0 Å². The summed E-state index contributed by atoms with van der Waals surface area (Å²) in [4.78, 5) is 32.3. The molecule has 3 aromatic rings. The van der Waals surface area contributed by atoms with Crippen molar-refractivity contribution < 1.29 is 14.3 Å². The number of carbonyl (C=O) groups excluding carboxylic acids is 2. The van der Waals surface area contributed by atoms with Crippen molar-refractivity contribution in [3.05, 3.63) is 82.5 Å². The molecule has 1 aromatic heterocycles. The number of anilines is 2. The molecule has 0 bridgehead atoms. The Morgan fingerprint density at radius 3 is 2.37 bits per heavy atom. The van der Waals surface area contributed by atoms with Crippen LogP contribution in [0.1, 0.15) is 45.5 Å². The third kappa shape index (κ3) is 5.99. The van der Waals surface area contributed by atoms with E-state index in [4.69, 9.17) is 16.3 Å².